The average molecular weight is 585 g/mol. The predicted octanol–water partition coefficient (Wildman–Crippen LogP) is 1.76. The highest BCUT2D eigenvalue weighted by Crippen LogP contribution is 2.18. The van der Waals surface area contributed by atoms with Crippen LogP contribution in [0.1, 0.15) is 50.0 Å². The Bertz CT molecular complexity index is 824. The number of esters is 1. The first kappa shape index (κ1) is 38.4. The summed E-state index contributed by atoms with van der Waals surface area (Å²) in [6.45, 7) is 13.7. The maximum atomic E-state index is 12.4. The summed E-state index contributed by atoms with van der Waals surface area (Å²) in [4.78, 5) is 34.1. The van der Waals surface area contributed by atoms with Gasteiger partial charge in [-0.2, -0.15) is 0 Å². The number of rotatable bonds is 23. The second kappa shape index (κ2) is 26.3. The van der Waals surface area contributed by atoms with Crippen LogP contribution in [0.4, 0.5) is 5.69 Å². The van der Waals surface area contributed by atoms with Crippen LogP contribution in [-0.2, 0) is 39.9 Å². The van der Waals surface area contributed by atoms with E-state index in [1.165, 1.54) is 0 Å². The number of amides is 1. The molecular weight excluding hydrogens is 532 g/mol. The zero-order valence-electron chi connectivity index (χ0n) is 25.5. The van der Waals surface area contributed by atoms with Crippen LogP contribution >= 0.6 is 0 Å². The summed E-state index contributed by atoms with van der Waals surface area (Å²) in [5.74, 6) is -0.644. The quantitative estimate of drug-likeness (QED) is 0.0843. The third-order valence-corrected chi connectivity index (χ3v) is 5.07. The summed E-state index contributed by atoms with van der Waals surface area (Å²) in [7, 11) is 1.83. The van der Waals surface area contributed by atoms with Crippen molar-refractivity contribution in [2.75, 3.05) is 84.9 Å². The van der Waals surface area contributed by atoms with E-state index in [9.17, 15) is 14.4 Å². The molecule has 12 heteroatoms. The summed E-state index contributed by atoms with van der Waals surface area (Å²) in [6, 6.07) is 5.77. The first-order valence-electron chi connectivity index (χ1n) is 14.2. The summed E-state index contributed by atoms with van der Waals surface area (Å²) in [6.07, 6.45) is 1.27. The number of carbonyl (C=O) groups is 3. The van der Waals surface area contributed by atoms with Crippen LogP contribution in [0.5, 0.6) is 0 Å². The molecule has 1 amide bonds. The first-order valence-corrected chi connectivity index (χ1v) is 14.2. The number of ether oxygens (including phenoxy) is 5. The fourth-order valence-electron chi connectivity index (χ4n) is 3.03. The molecular formula is C29H52N4O8. The molecule has 0 aliphatic heterocycles. The van der Waals surface area contributed by atoms with Crippen LogP contribution in [0.2, 0.25) is 0 Å². The van der Waals surface area contributed by atoms with Crippen molar-refractivity contribution in [1.29, 1.82) is 0 Å². The van der Waals surface area contributed by atoms with Gasteiger partial charge in [0.15, 0.2) is 0 Å². The van der Waals surface area contributed by atoms with Crippen molar-refractivity contribution in [3.05, 3.63) is 29.3 Å². The molecule has 0 heterocycles. The Balaban J connectivity index is 0.000000831. The number of aldehydes is 1. The molecule has 12 nitrogen and oxygen atoms in total. The molecule has 0 aliphatic rings. The lowest BCUT2D eigenvalue weighted by molar-refractivity contribution is -0.148. The minimum Gasteiger partial charge on any atom is -0.461 e. The maximum absolute atomic E-state index is 12.4. The van der Waals surface area contributed by atoms with Gasteiger partial charge in [-0.15, -0.1) is 0 Å². The van der Waals surface area contributed by atoms with Crippen LogP contribution in [0.25, 0.3) is 0 Å². The van der Waals surface area contributed by atoms with Crippen LogP contribution in [0.3, 0.4) is 0 Å². The number of likely N-dealkylation sites (N-methyl/N-ethyl adjacent to an activating group) is 1. The van der Waals surface area contributed by atoms with E-state index in [2.05, 4.69) is 16.0 Å². The minimum absolute atomic E-state index is 0.0910. The molecule has 5 N–H and O–H groups in total. The highest BCUT2D eigenvalue weighted by Gasteiger charge is 2.15. The van der Waals surface area contributed by atoms with E-state index in [-0.39, 0.29) is 30.4 Å². The highest BCUT2D eigenvalue weighted by atomic mass is 16.6. The molecule has 0 aromatic heterocycles. The molecule has 1 rings (SSSR count). The fraction of sp³-hybridized carbons (Fsp3) is 0.690. The third-order valence-electron chi connectivity index (χ3n) is 5.07. The van der Waals surface area contributed by atoms with E-state index in [0.29, 0.717) is 90.0 Å². The Hall–Kier alpha value is -2.61. The number of nitrogens with two attached hydrogens (primary N) is 1. The van der Waals surface area contributed by atoms with Gasteiger partial charge in [0.1, 0.15) is 12.9 Å². The van der Waals surface area contributed by atoms with Crippen LogP contribution in [-0.4, -0.2) is 104 Å². The summed E-state index contributed by atoms with van der Waals surface area (Å²) < 4.78 is 26.0. The van der Waals surface area contributed by atoms with Crippen molar-refractivity contribution < 1.29 is 38.1 Å². The smallest absolute Gasteiger partial charge is 0.308 e. The molecule has 1 aromatic rings. The Kier molecular flexibility index (Phi) is 24.6. The second-order valence-electron chi connectivity index (χ2n) is 9.49. The number of benzene rings is 1. The van der Waals surface area contributed by atoms with Gasteiger partial charge in [0.25, 0.3) is 5.91 Å². The van der Waals surface area contributed by atoms with Gasteiger partial charge in [0, 0.05) is 48.9 Å². The monoisotopic (exact) mass is 584 g/mol. The van der Waals surface area contributed by atoms with Crippen molar-refractivity contribution in [3.63, 3.8) is 0 Å². The Morgan fingerprint density at radius 3 is 1.98 bits per heavy atom. The van der Waals surface area contributed by atoms with Crippen LogP contribution in [0, 0.1) is 5.92 Å². The SMILES string of the molecule is CNCCNC(=O)c1cc(NC(C)C)ccc1COC(=O)C(C)C.NCCOCCOCCOCCOCCC=O. The molecule has 0 radical (unpaired) electrons. The van der Waals surface area contributed by atoms with E-state index < -0.39 is 0 Å². The predicted molar refractivity (Wildman–Crippen MR) is 159 cm³/mol. The zero-order valence-corrected chi connectivity index (χ0v) is 25.5. The number of hydrogen-bond acceptors (Lipinski definition) is 11. The van der Waals surface area contributed by atoms with Crippen molar-refractivity contribution in [2.24, 2.45) is 11.7 Å². The van der Waals surface area contributed by atoms with Gasteiger partial charge >= 0.3 is 5.97 Å². The zero-order chi connectivity index (χ0) is 30.7. The van der Waals surface area contributed by atoms with Gasteiger partial charge in [-0.1, -0.05) is 19.9 Å². The Morgan fingerprint density at radius 2 is 1.46 bits per heavy atom. The maximum Gasteiger partial charge on any atom is 0.308 e. The van der Waals surface area contributed by atoms with Gasteiger partial charge in [-0.3, -0.25) is 9.59 Å². The van der Waals surface area contributed by atoms with Crippen molar-refractivity contribution in [3.8, 4) is 0 Å². The molecule has 0 atom stereocenters. The lowest BCUT2D eigenvalue weighted by Gasteiger charge is -2.15. The molecule has 0 fully saturated rings. The number of nitrogens with one attached hydrogen (secondary N) is 3. The molecule has 0 aliphatic carbocycles. The fourth-order valence-corrected chi connectivity index (χ4v) is 3.03. The molecule has 0 saturated carbocycles. The highest BCUT2D eigenvalue weighted by molar-refractivity contribution is 5.96. The van der Waals surface area contributed by atoms with Gasteiger partial charge in [-0.05, 0) is 33.0 Å². The van der Waals surface area contributed by atoms with Gasteiger partial charge < -0.3 is 50.2 Å². The summed E-state index contributed by atoms with van der Waals surface area (Å²) in [5, 5.41) is 9.12. The third kappa shape index (κ3) is 21.8. The van der Waals surface area contributed by atoms with Crippen LogP contribution < -0.4 is 21.7 Å². The molecule has 0 saturated heterocycles. The second-order valence-corrected chi connectivity index (χ2v) is 9.49. The van der Waals surface area contributed by atoms with Crippen molar-refractivity contribution >= 4 is 23.9 Å². The number of anilines is 1. The topological polar surface area (TPSA) is 159 Å². The number of hydrogen-bond donors (Lipinski definition) is 4. The molecule has 0 bridgehead atoms. The summed E-state index contributed by atoms with van der Waals surface area (Å²) >= 11 is 0. The van der Waals surface area contributed by atoms with Gasteiger partial charge in [0.2, 0.25) is 0 Å². The molecule has 0 unspecified atom stereocenters. The molecule has 41 heavy (non-hydrogen) atoms. The van der Waals surface area contributed by atoms with Crippen LogP contribution in [0.15, 0.2) is 18.2 Å². The van der Waals surface area contributed by atoms with E-state index >= 15 is 0 Å². The van der Waals surface area contributed by atoms with Gasteiger partial charge in [-0.25, -0.2) is 0 Å². The van der Waals surface area contributed by atoms with E-state index in [4.69, 9.17) is 29.4 Å². The molecule has 236 valence electrons. The minimum atomic E-state index is -0.277. The van der Waals surface area contributed by atoms with E-state index in [0.717, 1.165) is 12.0 Å². The first-order chi connectivity index (χ1) is 19.8. The van der Waals surface area contributed by atoms with Crippen molar-refractivity contribution in [1.82, 2.24) is 10.6 Å². The average Bonchev–Trinajstić information content (AvgIpc) is 2.94. The standard InChI is InChI=1S/C18H29N3O3.C11H23NO5/c1-12(2)18(23)24-11-14-6-7-15(21-13(3)4)10-16(14)17(22)20-9-8-19-5;12-2-5-15-7-9-17-11-10-16-8-6-14-4-1-3-13/h6-7,10,12-13,19,21H,8-9,11H2,1-5H3,(H,20,22);3H,1-2,4-12H2. The summed E-state index contributed by atoms with van der Waals surface area (Å²) in [5.41, 5.74) is 7.33. The largest absolute Gasteiger partial charge is 0.461 e. The van der Waals surface area contributed by atoms with Gasteiger partial charge in [0.05, 0.1) is 58.8 Å². The normalized spacial score (nSPS) is 10.7. The van der Waals surface area contributed by atoms with Crippen molar-refractivity contribution in [2.45, 2.75) is 46.8 Å². The Labute approximate surface area is 245 Å². The van der Waals surface area contributed by atoms with E-state index in [1.54, 1.807) is 19.9 Å². The Morgan fingerprint density at radius 1 is 0.878 bits per heavy atom. The molecule has 1 aromatic carbocycles. The van der Waals surface area contributed by atoms with E-state index in [1.807, 2.05) is 33.0 Å². The lowest BCUT2D eigenvalue weighted by atomic mass is 10.1. The number of carbonyl (C=O) groups excluding carboxylic acids is 3. The lowest BCUT2D eigenvalue weighted by Crippen LogP contribution is -2.31. The molecule has 0 spiro atoms.